The van der Waals surface area contributed by atoms with Crippen molar-refractivity contribution in [2.45, 2.75) is 16.9 Å². The first kappa shape index (κ1) is 22.5. The van der Waals surface area contributed by atoms with Crippen LogP contribution in [0.15, 0.2) is 77.8 Å². The number of carbonyl (C=O) groups excluding carboxylic acids is 2. The molecule has 0 bridgehead atoms. The number of rotatable bonds is 5. The molecular formula is C22H16F3N3O4S. The lowest BCUT2D eigenvalue weighted by Gasteiger charge is -2.18. The smallest absolute Gasteiger partial charge is 0.310 e. The van der Waals surface area contributed by atoms with Crippen LogP contribution in [0.2, 0.25) is 0 Å². The summed E-state index contributed by atoms with van der Waals surface area (Å²) in [4.78, 5) is 30.7. The average Bonchev–Trinajstić information content (AvgIpc) is 3.06. The van der Waals surface area contributed by atoms with Crippen LogP contribution in [0.25, 0.3) is 11.3 Å². The van der Waals surface area contributed by atoms with Crippen LogP contribution >= 0.6 is 0 Å². The van der Waals surface area contributed by atoms with Crippen molar-refractivity contribution < 1.29 is 31.2 Å². The van der Waals surface area contributed by atoms with Crippen LogP contribution in [0.3, 0.4) is 0 Å². The summed E-state index contributed by atoms with van der Waals surface area (Å²) >= 11 is 0. The third kappa shape index (κ3) is 4.31. The van der Waals surface area contributed by atoms with Crippen molar-refractivity contribution in [3.8, 4) is 11.3 Å². The number of aromatic nitrogens is 1. The Balaban J connectivity index is 1.53. The number of nitrogens with zero attached hydrogens (tertiary/aromatic N) is 3. The number of imide groups is 1. The minimum Gasteiger partial charge on any atom is -0.310 e. The first-order valence-electron chi connectivity index (χ1n) is 9.61. The molecule has 1 saturated heterocycles. The summed E-state index contributed by atoms with van der Waals surface area (Å²) in [6.07, 6.45) is 1.59. The lowest BCUT2D eigenvalue weighted by Crippen LogP contribution is -2.32. The van der Waals surface area contributed by atoms with Crippen molar-refractivity contribution in [2.75, 3.05) is 11.4 Å². The summed E-state index contributed by atoms with van der Waals surface area (Å²) in [7, 11) is -5.53. The van der Waals surface area contributed by atoms with Crippen LogP contribution in [0.5, 0.6) is 0 Å². The van der Waals surface area contributed by atoms with Crippen molar-refractivity contribution in [1.29, 1.82) is 0 Å². The fourth-order valence-electron chi connectivity index (χ4n) is 3.40. The molecule has 1 fully saturated rings. The maximum Gasteiger partial charge on any atom is 0.501 e. The van der Waals surface area contributed by atoms with Gasteiger partial charge in [-0.15, -0.1) is 0 Å². The van der Waals surface area contributed by atoms with Gasteiger partial charge >= 0.3 is 11.5 Å². The number of sulfone groups is 1. The van der Waals surface area contributed by atoms with Crippen LogP contribution in [0, 0.1) is 0 Å². The highest BCUT2D eigenvalue weighted by Crippen LogP contribution is 2.32. The predicted octanol–water partition coefficient (Wildman–Crippen LogP) is 4.01. The number of alkyl halides is 3. The Hall–Kier alpha value is -3.73. The number of carbonyl (C=O) groups is 2. The number of pyridine rings is 1. The van der Waals surface area contributed by atoms with Crippen molar-refractivity contribution in [3.63, 3.8) is 0 Å². The average molecular weight is 475 g/mol. The van der Waals surface area contributed by atoms with Crippen LogP contribution in [-0.2, 0) is 21.2 Å². The van der Waals surface area contributed by atoms with Gasteiger partial charge in [0.25, 0.3) is 15.7 Å². The molecule has 4 rings (SSSR count). The minimum atomic E-state index is -5.53. The molecule has 0 radical (unpaired) electrons. The fourth-order valence-corrected chi connectivity index (χ4v) is 4.16. The second-order valence-electron chi connectivity index (χ2n) is 7.23. The third-order valence-electron chi connectivity index (χ3n) is 5.01. The topological polar surface area (TPSA) is 87.7 Å². The molecule has 11 heteroatoms. The lowest BCUT2D eigenvalue weighted by atomic mass is 10.1. The van der Waals surface area contributed by atoms with Crippen LogP contribution < -0.4 is 4.90 Å². The van der Waals surface area contributed by atoms with Gasteiger partial charge in [-0.3, -0.25) is 9.78 Å². The van der Waals surface area contributed by atoms with Gasteiger partial charge in [0, 0.05) is 18.3 Å². The molecule has 7 nitrogen and oxygen atoms in total. The van der Waals surface area contributed by atoms with Crippen LogP contribution in [0.1, 0.15) is 5.56 Å². The van der Waals surface area contributed by atoms with Crippen molar-refractivity contribution in [1.82, 2.24) is 9.88 Å². The van der Waals surface area contributed by atoms with E-state index in [9.17, 15) is 31.2 Å². The minimum absolute atomic E-state index is 0.0201. The number of benzene rings is 2. The number of hydrogen-bond donors (Lipinski definition) is 0. The van der Waals surface area contributed by atoms with E-state index in [0.29, 0.717) is 5.69 Å². The maximum absolute atomic E-state index is 12.8. The van der Waals surface area contributed by atoms with E-state index in [1.54, 1.807) is 18.3 Å². The molecule has 2 aromatic carbocycles. The SMILES string of the molecule is O=C1CN(Cc2ccnc(-c3ccccc3)c2)C(=O)N1c1ccc(S(=O)(=O)C(F)(F)F)cc1. The fraction of sp³-hybridized carbons (Fsp3) is 0.136. The highest BCUT2D eigenvalue weighted by atomic mass is 32.2. The molecule has 0 spiro atoms. The third-order valence-corrected chi connectivity index (χ3v) is 6.52. The van der Waals surface area contributed by atoms with Gasteiger partial charge < -0.3 is 4.90 Å². The van der Waals surface area contributed by atoms with Crippen LogP contribution in [0.4, 0.5) is 23.7 Å². The van der Waals surface area contributed by atoms with Crippen molar-refractivity contribution in [3.05, 3.63) is 78.5 Å². The Labute approximate surface area is 187 Å². The monoisotopic (exact) mass is 475 g/mol. The van der Waals surface area contributed by atoms with Gasteiger partial charge in [0.05, 0.1) is 16.3 Å². The standard InChI is InChI=1S/C22H16F3N3O4S/c23-22(24,25)33(31,32)18-8-6-17(7-9-18)28-20(29)14-27(21(28)30)13-15-10-11-26-19(12-15)16-4-2-1-3-5-16/h1-12H,13-14H2. The summed E-state index contributed by atoms with van der Waals surface area (Å²) in [6.45, 7) is -0.117. The van der Waals surface area contributed by atoms with Gasteiger partial charge in [0.1, 0.15) is 6.54 Å². The van der Waals surface area contributed by atoms with E-state index < -0.39 is 32.2 Å². The molecule has 0 N–H and O–H groups in total. The van der Waals surface area contributed by atoms with E-state index in [0.717, 1.165) is 40.3 Å². The van der Waals surface area contributed by atoms with E-state index >= 15 is 0 Å². The summed E-state index contributed by atoms with van der Waals surface area (Å²) in [5.41, 5.74) is -3.15. The molecule has 1 aromatic heterocycles. The van der Waals surface area contributed by atoms with Crippen molar-refractivity contribution in [2.24, 2.45) is 0 Å². The first-order valence-corrected chi connectivity index (χ1v) is 11.1. The summed E-state index contributed by atoms with van der Waals surface area (Å²) < 4.78 is 61.2. The van der Waals surface area contributed by atoms with Crippen molar-refractivity contribution >= 4 is 27.5 Å². The summed E-state index contributed by atoms with van der Waals surface area (Å²) in [5, 5.41) is 0. The second-order valence-corrected chi connectivity index (χ2v) is 9.17. The largest absolute Gasteiger partial charge is 0.501 e. The molecule has 2 heterocycles. The molecule has 1 aliphatic rings. The maximum atomic E-state index is 12.8. The van der Waals surface area contributed by atoms with Gasteiger partial charge in [0.2, 0.25) is 0 Å². The molecule has 0 aliphatic carbocycles. The van der Waals surface area contributed by atoms with E-state index in [2.05, 4.69) is 4.98 Å². The Morgan fingerprint density at radius 3 is 2.24 bits per heavy atom. The molecule has 33 heavy (non-hydrogen) atoms. The zero-order chi connectivity index (χ0) is 23.8. The quantitative estimate of drug-likeness (QED) is 0.521. The lowest BCUT2D eigenvalue weighted by molar-refractivity contribution is -0.116. The van der Waals surface area contributed by atoms with Gasteiger partial charge in [0.15, 0.2) is 0 Å². The number of urea groups is 1. The Kier molecular flexibility index (Phi) is 5.66. The summed E-state index contributed by atoms with van der Waals surface area (Å²) in [5.74, 6) is -0.580. The van der Waals surface area contributed by atoms with Crippen LogP contribution in [-0.4, -0.2) is 42.3 Å². The molecule has 0 atom stereocenters. The molecular weight excluding hydrogens is 459 g/mol. The van der Waals surface area contributed by atoms with Gasteiger partial charge in [-0.25, -0.2) is 18.1 Å². The first-order chi connectivity index (χ1) is 15.6. The van der Waals surface area contributed by atoms with E-state index in [1.807, 2.05) is 30.3 Å². The molecule has 3 amide bonds. The number of hydrogen-bond acceptors (Lipinski definition) is 5. The zero-order valence-electron chi connectivity index (χ0n) is 16.9. The highest BCUT2D eigenvalue weighted by Gasteiger charge is 2.47. The molecule has 1 aliphatic heterocycles. The van der Waals surface area contributed by atoms with E-state index in [-0.39, 0.29) is 18.8 Å². The van der Waals surface area contributed by atoms with Gasteiger partial charge in [-0.1, -0.05) is 30.3 Å². The summed E-state index contributed by atoms with van der Waals surface area (Å²) in [6, 6.07) is 15.7. The Morgan fingerprint density at radius 2 is 1.61 bits per heavy atom. The van der Waals surface area contributed by atoms with Gasteiger partial charge in [-0.05, 0) is 42.0 Å². The molecule has 170 valence electrons. The Bertz CT molecular complexity index is 1310. The van der Waals surface area contributed by atoms with Gasteiger partial charge in [-0.2, -0.15) is 13.2 Å². The number of amides is 3. The number of anilines is 1. The normalized spacial score (nSPS) is 14.8. The predicted molar refractivity (Wildman–Crippen MR) is 113 cm³/mol. The molecule has 3 aromatic rings. The number of halogens is 3. The zero-order valence-corrected chi connectivity index (χ0v) is 17.7. The van der Waals surface area contributed by atoms with E-state index in [4.69, 9.17) is 0 Å². The molecule has 0 unspecified atom stereocenters. The van der Waals surface area contributed by atoms with E-state index in [1.165, 1.54) is 4.90 Å². The second kappa shape index (κ2) is 8.32. The Morgan fingerprint density at radius 1 is 0.939 bits per heavy atom. The highest BCUT2D eigenvalue weighted by molar-refractivity contribution is 7.92. The molecule has 0 saturated carbocycles.